The third-order valence-electron chi connectivity index (χ3n) is 3.76. The molecule has 0 saturated heterocycles. The van der Waals surface area contributed by atoms with Gasteiger partial charge in [-0.05, 0) is 24.1 Å². The van der Waals surface area contributed by atoms with Gasteiger partial charge in [0, 0.05) is 16.1 Å². The number of aryl methyl sites for hydroxylation is 1. The van der Waals surface area contributed by atoms with Crippen molar-refractivity contribution in [1.29, 1.82) is 0 Å². The van der Waals surface area contributed by atoms with E-state index >= 15 is 0 Å². The van der Waals surface area contributed by atoms with Gasteiger partial charge in [-0.1, -0.05) is 61.0 Å². The molecule has 1 heterocycles. The molecule has 0 aliphatic rings. The number of aromatic amines is 1. The number of hydrogen-bond acceptors (Lipinski definition) is 3. The molecule has 0 aliphatic heterocycles. The maximum Gasteiger partial charge on any atom is 0.289 e. The lowest BCUT2D eigenvalue weighted by molar-refractivity contribution is 0.0950. The molecule has 1 amide bonds. The monoisotopic (exact) mass is 352 g/mol. The van der Waals surface area contributed by atoms with E-state index in [4.69, 9.17) is 11.6 Å². The van der Waals surface area contributed by atoms with Crippen molar-refractivity contribution in [1.82, 2.24) is 15.6 Å². The number of carbonyl (C=O) groups excluding carboxylic acids is 1. The van der Waals surface area contributed by atoms with Crippen molar-refractivity contribution in [2.45, 2.75) is 13.3 Å². The summed E-state index contributed by atoms with van der Waals surface area (Å²) in [7, 11) is 0. The lowest BCUT2D eigenvalue weighted by Crippen LogP contribution is -2.18. The lowest BCUT2D eigenvalue weighted by atomic mass is 10.1. The highest BCUT2D eigenvalue weighted by atomic mass is 35.5. The Morgan fingerprint density at radius 1 is 1.24 bits per heavy atom. The van der Waals surface area contributed by atoms with E-state index < -0.39 is 0 Å². The van der Waals surface area contributed by atoms with Crippen LogP contribution < -0.4 is 5.43 Å². The number of hydrogen-bond donors (Lipinski definition) is 2. The van der Waals surface area contributed by atoms with Gasteiger partial charge in [0.1, 0.15) is 5.69 Å². The minimum Gasteiger partial charge on any atom is -0.272 e. The first-order valence-corrected chi connectivity index (χ1v) is 8.28. The van der Waals surface area contributed by atoms with Gasteiger partial charge in [0.2, 0.25) is 0 Å². The van der Waals surface area contributed by atoms with Crippen molar-refractivity contribution < 1.29 is 4.79 Å². The van der Waals surface area contributed by atoms with E-state index in [0.29, 0.717) is 16.4 Å². The van der Waals surface area contributed by atoms with Crippen molar-refractivity contribution in [3.8, 4) is 11.3 Å². The Kier molecular flexibility index (Phi) is 5.26. The summed E-state index contributed by atoms with van der Waals surface area (Å²) < 4.78 is 0. The number of H-pyrrole nitrogens is 1. The predicted octanol–water partition coefficient (Wildman–Crippen LogP) is 4.06. The number of amides is 1. The van der Waals surface area contributed by atoms with E-state index in [9.17, 15) is 4.79 Å². The number of rotatable bonds is 5. The van der Waals surface area contributed by atoms with Crippen LogP contribution in [0, 0.1) is 0 Å². The maximum atomic E-state index is 12.1. The second-order valence-electron chi connectivity index (χ2n) is 5.44. The van der Waals surface area contributed by atoms with E-state index in [0.717, 1.165) is 17.5 Å². The van der Waals surface area contributed by atoms with Crippen molar-refractivity contribution in [3.63, 3.8) is 0 Å². The number of hydrazone groups is 1. The van der Waals surface area contributed by atoms with Gasteiger partial charge >= 0.3 is 0 Å². The zero-order valence-corrected chi connectivity index (χ0v) is 14.4. The summed E-state index contributed by atoms with van der Waals surface area (Å²) in [6, 6.07) is 17.0. The molecule has 25 heavy (non-hydrogen) atoms. The minimum absolute atomic E-state index is 0.339. The van der Waals surface area contributed by atoms with Gasteiger partial charge in [-0.3, -0.25) is 9.89 Å². The number of aromatic nitrogens is 2. The molecule has 0 atom stereocenters. The van der Waals surface area contributed by atoms with Gasteiger partial charge in [0.25, 0.3) is 5.91 Å². The van der Waals surface area contributed by atoms with Gasteiger partial charge in [0.15, 0.2) is 0 Å². The van der Waals surface area contributed by atoms with Crippen molar-refractivity contribution in [2.24, 2.45) is 5.10 Å². The van der Waals surface area contributed by atoms with Crippen LogP contribution in [0.15, 0.2) is 59.7 Å². The molecule has 126 valence electrons. The smallest absolute Gasteiger partial charge is 0.272 e. The molecule has 2 N–H and O–H groups in total. The molecular weight excluding hydrogens is 336 g/mol. The van der Waals surface area contributed by atoms with Gasteiger partial charge in [0.05, 0.1) is 11.9 Å². The molecule has 0 unspecified atom stereocenters. The minimum atomic E-state index is -0.368. The Hall–Kier alpha value is -2.92. The summed E-state index contributed by atoms with van der Waals surface area (Å²) in [4.78, 5) is 12.1. The fraction of sp³-hybridized carbons (Fsp3) is 0.105. The Bertz CT molecular complexity index is 900. The van der Waals surface area contributed by atoms with Crippen molar-refractivity contribution >= 4 is 23.7 Å². The molecule has 3 aromatic rings. The number of carbonyl (C=O) groups is 1. The fourth-order valence-corrected chi connectivity index (χ4v) is 2.48. The molecule has 0 radical (unpaired) electrons. The van der Waals surface area contributed by atoms with Crippen molar-refractivity contribution in [2.75, 3.05) is 0 Å². The molecule has 0 spiro atoms. The van der Waals surface area contributed by atoms with Crippen LogP contribution in [0.25, 0.3) is 11.3 Å². The normalized spacial score (nSPS) is 11.0. The van der Waals surface area contributed by atoms with E-state index in [-0.39, 0.29) is 5.91 Å². The van der Waals surface area contributed by atoms with Gasteiger partial charge in [-0.2, -0.15) is 10.2 Å². The highest BCUT2D eigenvalue weighted by Crippen LogP contribution is 2.18. The zero-order valence-electron chi connectivity index (χ0n) is 13.7. The summed E-state index contributed by atoms with van der Waals surface area (Å²) in [5, 5.41) is 11.4. The molecule has 2 aromatic carbocycles. The van der Waals surface area contributed by atoms with Crippen LogP contribution in [0.5, 0.6) is 0 Å². The number of nitrogens with one attached hydrogen (secondary N) is 2. The van der Waals surface area contributed by atoms with Crippen LogP contribution in [0.2, 0.25) is 5.02 Å². The van der Waals surface area contributed by atoms with Crippen LogP contribution >= 0.6 is 11.6 Å². The molecule has 5 nitrogen and oxygen atoms in total. The average molecular weight is 353 g/mol. The largest absolute Gasteiger partial charge is 0.289 e. The molecule has 0 aliphatic carbocycles. The standard InChI is InChI=1S/C19H17ClN4O/c1-2-13-7-9-14(10-8-13)17-11-18(23-22-17)19(25)24-21-12-15-5-3-4-6-16(15)20/h3-12H,2H2,1H3,(H,22,23)(H,24,25). The number of halogens is 1. The number of benzene rings is 2. The van der Waals surface area contributed by atoms with Crippen LogP contribution in [-0.4, -0.2) is 22.3 Å². The highest BCUT2D eigenvalue weighted by Gasteiger charge is 2.10. The first-order valence-electron chi connectivity index (χ1n) is 7.90. The van der Waals surface area contributed by atoms with E-state index in [1.54, 1.807) is 12.1 Å². The molecule has 3 rings (SSSR count). The van der Waals surface area contributed by atoms with Gasteiger partial charge in [-0.25, -0.2) is 5.43 Å². The summed E-state index contributed by atoms with van der Waals surface area (Å²) >= 11 is 6.03. The maximum absolute atomic E-state index is 12.1. The third kappa shape index (κ3) is 4.14. The summed E-state index contributed by atoms with van der Waals surface area (Å²) in [5.41, 5.74) is 6.44. The Labute approximate surface area is 150 Å². The molecule has 0 bridgehead atoms. The Morgan fingerprint density at radius 3 is 2.72 bits per heavy atom. The van der Waals surface area contributed by atoms with E-state index in [2.05, 4.69) is 39.8 Å². The lowest BCUT2D eigenvalue weighted by Gasteiger charge is -1.99. The van der Waals surface area contributed by atoms with E-state index in [1.165, 1.54) is 11.8 Å². The highest BCUT2D eigenvalue weighted by molar-refractivity contribution is 6.33. The first kappa shape index (κ1) is 16.9. The summed E-state index contributed by atoms with van der Waals surface area (Å²) in [5.74, 6) is -0.368. The molecule has 1 aromatic heterocycles. The predicted molar refractivity (Wildman–Crippen MR) is 99.9 cm³/mol. The van der Waals surface area contributed by atoms with Crippen LogP contribution in [-0.2, 0) is 6.42 Å². The molecule has 0 saturated carbocycles. The first-order chi connectivity index (χ1) is 12.2. The number of nitrogens with zero attached hydrogens (tertiary/aromatic N) is 2. The summed E-state index contributed by atoms with van der Waals surface area (Å²) in [6.45, 7) is 2.11. The fourth-order valence-electron chi connectivity index (χ4n) is 2.30. The van der Waals surface area contributed by atoms with Crippen molar-refractivity contribution in [3.05, 3.63) is 76.4 Å². The second kappa shape index (κ2) is 7.77. The SMILES string of the molecule is CCc1ccc(-c2cc(C(=O)NN=Cc3ccccc3Cl)[nH]n2)cc1. The quantitative estimate of drug-likeness (QED) is 0.537. The molecule has 0 fully saturated rings. The third-order valence-corrected chi connectivity index (χ3v) is 4.10. The van der Waals surface area contributed by atoms with Crippen LogP contribution in [0.4, 0.5) is 0 Å². The van der Waals surface area contributed by atoms with Gasteiger partial charge < -0.3 is 0 Å². The van der Waals surface area contributed by atoms with Gasteiger partial charge in [-0.15, -0.1) is 0 Å². The van der Waals surface area contributed by atoms with E-state index in [1.807, 2.05) is 30.3 Å². The topological polar surface area (TPSA) is 70.1 Å². The molecular formula is C19H17ClN4O. The Balaban J connectivity index is 1.67. The zero-order chi connectivity index (χ0) is 17.6. The molecule has 6 heteroatoms. The summed E-state index contributed by atoms with van der Waals surface area (Å²) in [6.07, 6.45) is 2.49. The van der Waals surface area contributed by atoms with Crippen LogP contribution in [0.3, 0.4) is 0 Å². The average Bonchev–Trinajstić information content (AvgIpc) is 3.13. The Morgan fingerprint density at radius 2 is 2.00 bits per heavy atom. The second-order valence-corrected chi connectivity index (χ2v) is 5.85. The van der Waals surface area contributed by atoms with Crippen LogP contribution in [0.1, 0.15) is 28.5 Å².